The Labute approximate surface area is 144 Å². The maximum absolute atomic E-state index is 12.3. The van der Waals surface area contributed by atoms with Crippen molar-refractivity contribution < 1.29 is 19.2 Å². The molecule has 2 amide bonds. The van der Waals surface area contributed by atoms with E-state index in [4.69, 9.17) is 9.57 Å². The van der Waals surface area contributed by atoms with E-state index < -0.39 is 11.8 Å². The van der Waals surface area contributed by atoms with Gasteiger partial charge in [0.15, 0.2) is 5.75 Å². The van der Waals surface area contributed by atoms with E-state index in [1.54, 1.807) is 48.5 Å². The first kappa shape index (κ1) is 15.0. The summed E-state index contributed by atoms with van der Waals surface area (Å²) in [4.78, 5) is 30.2. The van der Waals surface area contributed by atoms with E-state index in [0.29, 0.717) is 28.4 Å². The zero-order valence-corrected chi connectivity index (χ0v) is 13.1. The summed E-state index contributed by atoms with van der Waals surface area (Å²) in [6.07, 6.45) is 0. The normalized spacial score (nSPS) is 12.9. The monoisotopic (exact) mass is 331 g/mol. The summed E-state index contributed by atoms with van der Waals surface area (Å²) in [6, 6.07) is 22.7. The molecule has 0 radical (unpaired) electrons. The number of rotatable bonds is 4. The number of nitrogens with zero attached hydrogens (tertiary/aromatic N) is 1. The number of carbonyl (C=O) groups is 2. The molecule has 5 heteroatoms. The summed E-state index contributed by atoms with van der Waals surface area (Å²) in [5.41, 5.74) is 0.674. The zero-order chi connectivity index (χ0) is 17.2. The number of imide groups is 1. The average molecular weight is 331 g/mol. The highest BCUT2D eigenvalue weighted by atomic mass is 16.7. The second-order valence-electron chi connectivity index (χ2n) is 5.43. The van der Waals surface area contributed by atoms with Gasteiger partial charge in [0.2, 0.25) is 0 Å². The Hall–Kier alpha value is -3.60. The van der Waals surface area contributed by atoms with Gasteiger partial charge in [-0.25, -0.2) is 0 Å². The van der Waals surface area contributed by atoms with E-state index >= 15 is 0 Å². The van der Waals surface area contributed by atoms with E-state index in [2.05, 4.69) is 0 Å². The van der Waals surface area contributed by atoms with Crippen LogP contribution in [0.3, 0.4) is 0 Å². The first-order chi connectivity index (χ1) is 12.2. The van der Waals surface area contributed by atoms with Crippen LogP contribution in [0.1, 0.15) is 20.7 Å². The largest absolute Gasteiger partial charge is 0.457 e. The van der Waals surface area contributed by atoms with Gasteiger partial charge in [-0.15, -0.1) is 0 Å². The van der Waals surface area contributed by atoms with Crippen molar-refractivity contribution in [2.45, 2.75) is 0 Å². The van der Waals surface area contributed by atoms with Crippen LogP contribution in [0.2, 0.25) is 0 Å². The second-order valence-corrected chi connectivity index (χ2v) is 5.43. The topological polar surface area (TPSA) is 55.8 Å². The van der Waals surface area contributed by atoms with Crippen molar-refractivity contribution in [2.75, 3.05) is 0 Å². The minimum Gasteiger partial charge on any atom is -0.457 e. The van der Waals surface area contributed by atoms with E-state index in [1.807, 2.05) is 30.3 Å². The molecule has 0 saturated heterocycles. The predicted octanol–water partition coefficient (Wildman–Crippen LogP) is 4.07. The highest BCUT2D eigenvalue weighted by Gasteiger charge is 2.37. The fourth-order valence-corrected chi connectivity index (χ4v) is 2.57. The van der Waals surface area contributed by atoms with Crippen LogP contribution in [0.25, 0.3) is 0 Å². The SMILES string of the molecule is O=C1c2ccccc2C(=O)N1Oc1cccc(Oc2ccccc2)c1. The number of hydrogen-bond donors (Lipinski definition) is 0. The lowest BCUT2D eigenvalue weighted by Gasteiger charge is -2.15. The van der Waals surface area contributed by atoms with Gasteiger partial charge in [0.25, 0.3) is 11.8 Å². The molecule has 25 heavy (non-hydrogen) atoms. The molecule has 0 N–H and O–H groups in total. The lowest BCUT2D eigenvalue weighted by Crippen LogP contribution is -2.33. The third kappa shape index (κ3) is 2.83. The predicted molar refractivity (Wildman–Crippen MR) is 90.5 cm³/mol. The van der Waals surface area contributed by atoms with E-state index in [9.17, 15) is 9.59 Å². The molecule has 0 fully saturated rings. The zero-order valence-electron chi connectivity index (χ0n) is 13.1. The number of ether oxygens (including phenoxy) is 1. The van der Waals surface area contributed by atoms with Gasteiger partial charge in [0.1, 0.15) is 11.5 Å². The van der Waals surface area contributed by atoms with Crippen molar-refractivity contribution in [1.29, 1.82) is 0 Å². The van der Waals surface area contributed by atoms with Gasteiger partial charge in [0.05, 0.1) is 11.1 Å². The standard InChI is InChI=1S/C20H13NO4/c22-19-17-11-4-5-12-18(17)20(23)21(19)25-16-10-6-9-15(13-16)24-14-7-2-1-3-8-14/h1-13H. The van der Waals surface area contributed by atoms with Crippen LogP contribution in [0.15, 0.2) is 78.9 Å². The minimum absolute atomic E-state index is 0.336. The molecule has 1 aliphatic rings. The maximum atomic E-state index is 12.3. The average Bonchev–Trinajstić information content (AvgIpc) is 2.88. The minimum atomic E-state index is -0.477. The van der Waals surface area contributed by atoms with E-state index in [1.165, 1.54) is 0 Å². The Morgan fingerprint density at radius 3 is 1.84 bits per heavy atom. The molecular weight excluding hydrogens is 318 g/mol. The number of carbonyl (C=O) groups excluding carboxylic acids is 2. The Balaban J connectivity index is 1.55. The Morgan fingerprint density at radius 1 is 0.600 bits per heavy atom. The number of amides is 2. The lowest BCUT2D eigenvalue weighted by molar-refractivity contribution is -0.0141. The molecule has 0 saturated carbocycles. The summed E-state index contributed by atoms with van der Waals surface area (Å²) >= 11 is 0. The van der Waals surface area contributed by atoms with Crippen molar-refractivity contribution in [3.05, 3.63) is 90.0 Å². The molecule has 0 bridgehead atoms. The maximum Gasteiger partial charge on any atom is 0.295 e. The van der Waals surface area contributed by atoms with Gasteiger partial charge >= 0.3 is 0 Å². The van der Waals surface area contributed by atoms with Crippen LogP contribution < -0.4 is 9.57 Å². The van der Waals surface area contributed by atoms with Crippen molar-refractivity contribution in [2.24, 2.45) is 0 Å². The molecule has 1 aliphatic heterocycles. The molecular formula is C20H13NO4. The van der Waals surface area contributed by atoms with Gasteiger partial charge in [-0.05, 0) is 36.4 Å². The van der Waals surface area contributed by atoms with Crippen molar-refractivity contribution >= 4 is 11.8 Å². The van der Waals surface area contributed by atoms with Gasteiger partial charge in [0, 0.05) is 6.07 Å². The number of benzene rings is 3. The Bertz CT molecular complexity index is 918. The summed E-state index contributed by atoms with van der Waals surface area (Å²) in [5, 5.41) is 0.770. The molecule has 5 nitrogen and oxygen atoms in total. The van der Waals surface area contributed by atoms with Crippen LogP contribution in [0, 0.1) is 0 Å². The molecule has 0 atom stereocenters. The number of hydroxylamine groups is 2. The fraction of sp³-hybridized carbons (Fsp3) is 0. The third-order valence-corrected chi connectivity index (χ3v) is 3.74. The molecule has 4 rings (SSSR count). The van der Waals surface area contributed by atoms with Crippen molar-refractivity contribution in [1.82, 2.24) is 5.06 Å². The molecule has 122 valence electrons. The number of fused-ring (bicyclic) bond motifs is 1. The summed E-state index contributed by atoms with van der Waals surface area (Å²) in [5.74, 6) is 0.605. The molecule has 1 heterocycles. The quantitative estimate of drug-likeness (QED) is 0.676. The van der Waals surface area contributed by atoms with Gasteiger partial charge in [-0.3, -0.25) is 9.59 Å². The van der Waals surface area contributed by atoms with Gasteiger partial charge in [-0.1, -0.05) is 41.5 Å². The first-order valence-corrected chi connectivity index (χ1v) is 7.71. The highest BCUT2D eigenvalue weighted by molar-refractivity contribution is 6.20. The number of hydrogen-bond acceptors (Lipinski definition) is 4. The molecule has 0 aromatic heterocycles. The lowest BCUT2D eigenvalue weighted by atomic mass is 10.1. The highest BCUT2D eigenvalue weighted by Crippen LogP contribution is 2.28. The molecule has 3 aromatic rings. The van der Waals surface area contributed by atoms with Crippen LogP contribution in [0.5, 0.6) is 17.2 Å². The van der Waals surface area contributed by atoms with Crippen molar-refractivity contribution in [3.8, 4) is 17.2 Å². The smallest absolute Gasteiger partial charge is 0.295 e. The molecule has 3 aromatic carbocycles. The van der Waals surface area contributed by atoms with Crippen LogP contribution in [-0.4, -0.2) is 16.9 Å². The third-order valence-electron chi connectivity index (χ3n) is 3.74. The summed E-state index contributed by atoms with van der Waals surface area (Å²) < 4.78 is 5.73. The van der Waals surface area contributed by atoms with Crippen LogP contribution in [-0.2, 0) is 0 Å². The second kappa shape index (κ2) is 6.13. The summed E-state index contributed by atoms with van der Waals surface area (Å²) in [6.45, 7) is 0. The molecule has 0 spiro atoms. The van der Waals surface area contributed by atoms with Crippen molar-refractivity contribution in [3.63, 3.8) is 0 Å². The van der Waals surface area contributed by atoms with Crippen LogP contribution in [0.4, 0.5) is 0 Å². The first-order valence-electron chi connectivity index (χ1n) is 7.71. The Kier molecular flexibility index (Phi) is 3.67. The molecule has 0 unspecified atom stereocenters. The molecule has 0 aliphatic carbocycles. The fourth-order valence-electron chi connectivity index (χ4n) is 2.57. The van der Waals surface area contributed by atoms with E-state index in [-0.39, 0.29) is 0 Å². The van der Waals surface area contributed by atoms with Gasteiger partial charge in [-0.2, -0.15) is 0 Å². The number of para-hydroxylation sites is 1. The van der Waals surface area contributed by atoms with E-state index in [0.717, 1.165) is 5.06 Å². The summed E-state index contributed by atoms with van der Waals surface area (Å²) in [7, 11) is 0. The Morgan fingerprint density at radius 2 is 1.16 bits per heavy atom. The van der Waals surface area contributed by atoms with Gasteiger partial charge < -0.3 is 9.57 Å². The van der Waals surface area contributed by atoms with Crippen LogP contribution >= 0.6 is 0 Å².